The standard InChI is InChI=1S/C38H54O6.C25H40O4.C20H34O2.15CH4.3Y/c1-26(2)36(39)42-20-17-29-7-11-31(12-8-29)23-33-15-16-34(35(25-33)19-22-44-38(41)28(5)6)24-32-13-9-30(10-14-32)18-21-43-37(40)27(3)4;1-18(2)24(26)28-15-13-20-5-9-22(10-6-20)17-23-11-7-21(8-12-23)14-16-29-25(27)19(3)4;1-15(2)20(21)22-13-12-17-8-10-19(11-9-17)14-18-6-4-16(3)5-7-18;;;;;;;;;;;;;;;;;;/h15-16,25,29-32H,1,3,5,7-14,17-24H2,2,4,6H3;20-23H,1,3,5-17H2,2,4H3;16-19H,1,4-14H2,2-3H3;15*1H4;;;. The van der Waals surface area contributed by atoms with Gasteiger partial charge in [0.25, 0.3) is 0 Å². The minimum atomic E-state index is -0.332. The van der Waals surface area contributed by atoms with Crippen molar-refractivity contribution in [3.8, 4) is 0 Å². The molecule has 0 spiro atoms. The molecule has 661 valence electrons. The van der Waals surface area contributed by atoms with Gasteiger partial charge in [-0.2, -0.15) is 0 Å². The molecule has 0 heterocycles. The number of ether oxygens (including phenoxy) is 6. The van der Waals surface area contributed by atoms with Gasteiger partial charge in [-0.1, -0.05) is 304 Å². The summed E-state index contributed by atoms with van der Waals surface area (Å²) in [6.07, 6.45) is 41.7. The normalized spacial score (nSPS) is 21.7. The Morgan fingerprint density at radius 1 is 0.274 bits per heavy atom. The van der Waals surface area contributed by atoms with Gasteiger partial charge in [0.05, 0.1) is 39.6 Å². The fraction of sp³-hybridized carbons (Fsp3) is 0.755. The fourth-order valence-electron chi connectivity index (χ4n) is 15.7. The molecule has 7 rings (SSSR count). The Hall–Kier alpha value is -2.21. The van der Waals surface area contributed by atoms with Crippen molar-refractivity contribution in [1.82, 2.24) is 0 Å². The summed E-state index contributed by atoms with van der Waals surface area (Å²) >= 11 is 0. The van der Waals surface area contributed by atoms with Gasteiger partial charge in [-0.05, 0) is 213 Å². The van der Waals surface area contributed by atoms with Crippen LogP contribution in [0.4, 0.5) is 0 Å². The molecule has 0 amide bonds. The minimum Gasteiger partial charge on any atom is -0.462 e. The van der Waals surface area contributed by atoms with Crippen LogP contribution in [-0.2, 0) is 175 Å². The van der Waals surface area contributed by atoms with E-state index < -0.39 is 0 Å². The summed E-state index contributed by atoms with van der Waals surface area (Å²) < 4.78 is 31.8. The van der Waals surface area contributed by atoms with E-state index in [4.69, 9.17) is 28.4 Å². The van der Waals surface area contributed by atoms with Gasteiger partial charge >= 0.3 is 35.8 Å². The van der Waals surface area contributed by atoms with Gasteiger partial charge in [-0.25, -0.2) is 28.8 Å². The Bertz CT molecular complexity index is 2590. The van der Waals surface area contributed by atoms with E-state index in [0.29, 0.717) is 115 Å². The Kier molecular flexibility index (Phi) is 100. The number of esters is 6. The molecule has 0 bridgehead atoms. The molecule has 0 saturated heterocycles. The zero-order chi connectivity index (χ0) is 69.2. The smallest absolute Gasteiger partial charge is 0.333 e. The predicted octanol–water partition coefficient (Wildman–Crippen LogP) is 29.1. The molecule has 6 aliphatic rings. The number of rotatable bonds is 32. The van der Waals surface area contributed by atoms with Crippen molar-refractivity contribution in [3.05, 3.63) is 108 Å². The van der Waals surface area contributed by atoms with Crippen molar-refractivity contribution in [2.45, 2.75) is 378 Å². The zero-order valence-corrected chi connectivity index (χ0v) is 70.8. The quantitative estimate of drug-likeness (QED) is 0.0382. The summed E-state index contributed by atoms with van der Waals surface area (Å²) in [5, 5.41) is 0. The van der Waals surface area contributed by atoms with E-state index in [-0.39, 0.29) is 245 Å². The molecule has 1 aromatic carbocycles. The van der Waals surface area contributed by atoms with Gasteiger partial charge in [0, 0.05) is 138 Å². The van der Waals surface area contributed by atoms with Crippen LogP contribution < -0.4 is 0 Å². The topological polar surface area (TPSA) is 158 Å². The molecule has 1 aromatic rings. The number of benzene rings is 1. The summed E-state index contributed by atoms with van der Waals surface area (Å²) in [6.45, 7) is 37.4. The van der Waals surface area contributed by atoms with Crippen molar-refractivity contribution in [1.29, 1.82) is 0 Å². The second-order valence-corrected chi connectivity index (χ2v) is 30.7. The van der Waals surface area contributed by atoms with E-state index in [0.717, 1.165) is 93.3 Å². The van der Waals surface area contributed by atoms with Gasteiger partial charge in [-0.15, -0.1) is 0 Å². The Morgan fingerprint density at radius 2 is 0.469 bits per heavy atom. The molecular weight excluding hydrogens is 1640 g/mol. The number of carbonyl (C=O) groups excluding carboxylic acids is 6. The maximum atomic E-state index is 12.0. The first-order valence-electron chi connectivity index (χ1n) is 37.5. The molecular formula is C98H188O12Y3. The predicted molar refractivity (Wildman–Crippen MR) is 484 cm³/mol. The third kappa shape index (κ3) is 59.2. The largest absolute Gasteiger partial charge is 0.462 e. The van der Waals surface area contributed by atoms with E-state index in [1.54, 1.807) is 41.5 Å². The van der Waals surface area contributed by atoms with Crippen LogP contribution in [0, 0.1) is 71.0 Å². The average Bonchev–Trinajstić information content (AvgIpc) is 0.837. The summed E-state index contributed by atoms with van der Waals surface area (Å²) in [4.78, 5) is 69.6. The maximum absolute atomic E-state index is 12.0. The molecule has 15 heteroatoms. The first-order valence-corrected chi connectivity index (χ1v) is 37.5. The van der Waals surface area contributed by atoms with Gasteiger partial charge in [0.2, 0.25) is 0 Å². The van der Waals surface area contributed by atoms with E-state index >= 15 is 0 Å². The van der Waals surface area contributed by atoms with Crippen molar-refractivity contribution >= 4 is 35.8 Å². The van der Waals surface area contributed by atoms with Crippen LogP contribution >= 0.6 is 0 Å². The summed E-state index contributed by atoms with van der Waals surface area (Å²) in [7, 11) is 0. The minimum absolute atomic E-state index is 0. The first kappa shape index (κ1) is 143. The third-order valence-corrected chi connectivity index (χ3v) is 22.1. The van der Waals surface area contributed by atoms with Crippen LogP contribution in [-0.4, -0.2) is 75.5 Å². The van der Waals surface area contributed by atoms with Crippen molar-refractivity contribution in [2.75, 3.05) is 39.6 Å². The molecule has 0 aromatic heterocycles. The first-order chi connectivity index (χ1) is 45.4. The van der Waals surface area contributed by atoms with Crippen LogP contribution in [0.1, 0.15) is 376 Å². The molecule has 113 heavy (non-hydrogen) atoms. The SMILES string of the molecule is C.C.C.C.C.C.C.C.C.C.C.C.C.C.C.C=C(C)C(=O)OCCC1CCC(CC2CCC(C)CC2)CC1.C=C(C)C(=O)OCCC1CCC(CC2CCC(CCOC(=O)C(=C)C)CC2)CC1.C=C(C)C(=O)OCCc1cc(CC2CCC(CCOC(=O)C(=C)C)CC2)ccc1CC1CCC(CCOC(=O)C(=C)C)CC1.[Y].[Y].[Y]. The summed E-state index contributed by atoms with van der Waals surface area (Å²) in [5.41, 5.74) is 6.82. The van der Waals surface area contributed by atoms with E-state index in [1.165, 1.54) is 171 Å². The monoisotopic (exact) mass is 1820 g/mol. The molecule has 0 aliphatic heterocycles. The third-order valence-electron chi connectivity index (χ3n) is 22.1. The Labute approximate surface area is 780 Å². The summed E-state index contributed by atoms with van der Waals surface area (Å²) in [6, 6.07) is 6.98. The van der Waals surface area contributed by atoms with Gasteiger partial charge in [0.15, 0.2) is 0 Å². The van der Waals surface area contributed by atoms with E-state index in [2.05, 4.69) is 64.6 Å². The molecule has 6 aliphatic carbocycles. The van der Waals surface area contributed by atoms with Crippen LogP contribution in [0.15, 0.2) is 91.1 Å². The molecule has 3 radical (unpaired) electrons. The fourth-order valence-corrected chi connectivity index (χ4v) is 15.7. The molecule has 0 unspecified atom stereocenters. The number of carbonyl (C=O) groups is 6. The van der Waals surface area contributed by atoms with Crippen molar-refractivity contribution in [2.24, 2.45) is 71.0 Å². The Morgan fingerprint density at radius 3 is 0.699 bits per heavy atom. The van der Waals surface area contributed by atoms with Gasteiger partial charge < -0.3 is 28.4 Å². The van der Waals surface area contributed by atoms with Crippen LogP contribution in [0.25, 0.3) is 0 Å². The zero-order valence-electron chi connectivity index (χ0n) is 62.3. The van der Waals surface area contributed by atoms with E-state index in [1.807, 2.05) is 0 Å². The van der Waals surface area contributed by atoms with Crippen molar-refractivity contribution in [3.63, 3.8) is 0 Å². The number of hydrogen-bond acceptors (Lipinski definition) is 12. The van der Waals surface area contributed by atoms with Gasteiger partial charge in [-0.3, -0.25) is 0 Å². The average molecular weight is 1830 g/mol. The molecule has 0 N–H and O–H groups in total. The van der Waals surface area contributed by atoms with E-state index in [9.17, 15) is 28.8 Å². The number of hydrogen-bond donors (Lipinski definition) is 0. The van der Waals surface area contributed by atoms with Gasteiger partial charge in [0.1, 0.15) is 0 Å². The summed E-state index contributed by atoms with van der Waals surface area (Å²) in [5.74, 6) is 7.72. The molecule has 6 fully saturated rings. The molecule has 0 atom stereocenters. The second-order valence-electron chi connectivity index (χ2n) is 30.7. The molecule has 6 saturated carbocycles. The van der Waals surface area contributed by atoms with Crippen LogP contribution in [0.3, 0.4) is 0 Å². The maximum Gasteiger partial charge on any atom is 0.333 e. The van der Waals surface area contributed by atoms with Crippen LogP contribution in [0.5, 0.6) is 0 Å². The van der Waals surface area contributed by atoms with Crippen molar-refractivity contribution < 1.29 is 155 Å². The van der Waals surface area contributed by atoms with Crippen LogP contribution in [0.2, 0.25) is 0 Å². The Balaban J connectivity index is -0.000000105. The second kappa shape index (κ2) is 79.6. The molecule has 12 nitrogen and oxygen atoms in total.